The lowest BCUT2D eigenvalue weighted by Gasteiger charge is -2.19. The van der Waals surface area contributed by atoms with Crippen molar-refractivity contribution >= 4 is 34.4 Å². The number of aromatic amines is 1. The van der Waals surface area contributed by atoms with Crippen LogP contribution < -0.4 is 16.4 Å². The van der Waals surface area contributed by atoms with Crippen LogP contribution in [0.25, 0.3) is 16.7 Å². The van der Waals surface area contributed by atoms with E-state index in [4.69, 9.17) is 5.73 Å². The van der Waals surface area contributed by atoms with Gasteiger partial charge in [0.15, 0.2) is 5.82 Å². The van der Waals surface area contributed by atoms with E-state index in [0.29, 0.717) is 51.1 Å². The fourth-order valence-corrected chi connectivity index (χ4v) is 4.63. The van der Waals surface area contributed by atoms with Crippen LogP contribution in [0, 0.1) is 11.7 Å². The predicted octanol–water partition coefficient (Wildman–Crippen LogP) is 5.16. The number of rotatable bonds is 7. The van der Waals surface area contributed by atoms with Crippen LogP contribution in [0.5, 0.6) is 0 Å². The van der Waals surface area contributed by atoms with Crippen molar-refractivity contribution in [1.82, 2.24) is 19.9 Å². The second-order valence-corrected chi connectivity index (χ2v) is 9.63. The zero-order chi connectivity index (χ0) is 27.6. The number of amides is 1. The fourth-order valence-electron chi connectivity index (χ4n) is 4.63. The number of halogens is 1. The minimum Gasteiger partial charge on any atom is -0.382 e. The Labute approximate surface area is 230 Å². The van der Waals surface area contributed by atoms with Crippen molar-refractivity contribution in [3.8, 4) is 11.1 Å². The summed E-state index contributed by atoms with van der Waals surface area (Å²) in [5, 5.41) is 6.01. The number of anilines is 3. The molecule has 0 bridgehead atoms. The Morgan fingerprint density at radius 3 is 2.73 bits per heavy atom. The van der Waals surface area contributed by atoms with Gasteiger partial charge in [0, 0.05) is 52.5 Å². The number of imidazole rings is 1. The molecule has 9 nitrogen and oxygen atoms in total. The van der Waals surface area contributed by atoms with Crippen LogP contribution in [0.15, 0.2) is 78.3 Å². The van der Waals surface area contributed by atoms with E-state index in [1.165, 1.54) is 6.07 Å². The zero-order valence-corrected chi connectivity index (χ0v) is 21.8. The monoisotopic (exact) mass is 534 g/mol. The summed E-state index contributed by atoms with van der Waals surface area (Å²) in [5.74, 6) is 0.373. The van der Waals surface area contributed by atoms with Crippen LogP contribution in [0.1, 0.15) is 42.4 Å². The number of hydrogen-bond acceptors (Lipinski definition) is 7. The predicted molar refractivity (Wildman–Crippen MR) is 154 cm³/mol. The summed E-state index contributed by atoms with van der Waals surface area (Å²) in [7, 11) is 0. The van der Waals surface area contributed by atoms with Gasteiger partial charge < -0.3 is 21.4 Å². The van der Waals surface area contributed by atoms with Crippen LogP contribution in [0.3, 0.4) is 0 Å². The molecule has 3 aromatic heterocycles. The van der Waals surface area contributed by atoms with Gasteiger partial charge >= 0.3 is 0 Å². The Morgan fingerprint density at radius 1 is 1.12 bits per heavy atom. The second-order valence-electron chi connectivity index (χ2n) is 9.63. The molecule has 200 valence electrons. The van der Waals surface area contributed by atoms with Gasteiger partial charge in [0.25, 0.3) is 0 Å². The lowest BCUT2D eigenvalue weighted by atomic mass is 9.98. The highest BCUT2D eigenvalue weighted by Gasteiger charge is 2.30. The SMILES string of the molecule is CC=C/C=C(/c1ccncc1)c1[nH]c(C2=NCNc3cc(F)c(-c4cncc(NC(=O)C5CC5)c4)cc32)nc1N. The molecule has 5 N–H and O–H groups in total. The normalized spacial score (nSPS) is 14.9. The molecule has 0 atom stereocenters. The van der Waals surface area contributed by atoms with Gasteiger partial charge in [-0.25, -0.2) is 9.37 Å². The number of benzene rings is 1. The molecule has 1 aromatic carbocycles. The molecule has 1 aliphatic carbocycles. The standard InChI is InChI=1S/C30H27FN8O/c1-2-3-4-21(17-7-9-33-10-8-17)26-28(32)39-29(38-26)27-23-12-22(24(31)13-25(23)35-16-36-27)19-11-20(15-34-14-19)37-30(40)18-5-6-18/h2-4,7-15,18,35H,5-6,16,32H2,1H3,(H,37,40)(H,38,39)/b3-2?,21-4-. The average molecular weight is 535 g/mol. The summed E-state index contributed by atoms with van der Waals surface area (Å²) in [6.45, 7) is 2.19. The molecule has 1 saturated carbocycles. The molecule has 0 radical (unpaired) electrons. The Bertz CT molecular complexity index is 1690. The number of aliphatic imine (C=N–C) groups is 1. The highest BCUT2D eigenvalue weighted by molar-refractivity contribution is 6.16. The molecule has 0 spiro atoms. The van der Waals surface area contributed by atoms with E-state index in [-0.39, 0.29) is 18.5 Å². The molecule has 0 saturated heterocycles. The summed E-state index contributed by atoms with van der Waals surface area (Å²) in [5.41, 5.74) is 12.0. The van der Waals surface area contributed by atoms with Gasteiger partial charge in [-0.2, -0.15) is 0 Å². The maximum atomic E-state index is 15.3. The third-order valence-corrected chi connectivity index (χ3v) is 6.81. The van der Waals surface area contributed by atoms with Crippen LogP contribution >= 0.6 is 0 Å². The molecular weight excluding hydrogens is 507 g/mol. The van der Waals surface area contributed by atoms with E-state index in [0.717, 1.165) is 24.0 Å². The third kappa shape index (κ3) is 4.98. The first-order valence-electron chi connectivity index (χ1n) is 13.0. The first kappa shape index (κ1) is 25.2. The van der Waals surface area contributed by atoms with Crippen LogP contribution in [0.4, 0.5) is 21.6 Å². The van der Waals surface area contributed by atoms with Crippen molar-refractivity contribution in [2.24, 2.45) is 10.9 Å². The molecular formula is C30H27FN8O. The maximum Gasteiger partial charge on any atom is 0.227 e. The van der Waals surface area contributed by atoms with Gasteiger partial charge in [0.05, 0.1) is 17.6 Å². The van der Waals surface area contributed by atoms with Crippen molar-refractivity contribution in [2.45, 2.75) is 19.8 Å². The number of fused-ring (bicyclic) bond motifs is 1. The number of nitrogens with one attached hydrogen (secondary N) is 3. The van der Waals surface area contributed by atoms with Gasteiger partial charge in [0.2, 0.25) is 5.91 Å². The molecule has 4 heterocycles. The summed E-state index contributed by atoms with van der Waals surface area (Å²) in [6, 6.07) is 8.68. The van der Waals surface area contributed by atoms with Gasteiger partial charge in [-0.05, 0) is 55.7 Å². The molecule has 40 heavy (non-hydrogen) atoms. The third-order valence-electron chi connectivity index (χ3n) is 6.81. The number of H-pyrrole nitrogens is 1. The van der Waals surface area contributed by atoms with Gasteiger partial charge in [-0.1, -0.05) is 18.2 Å². The Hall–Kier alpha value is -5.12. The van der Waals surface area contributed by atoms with E-state index >= 15 is 4.39 Å². The van der Waals surface area contributed by atoms with Crippen molar-refractivity contribution in [3.05, 3.63) is 102 Å². The number of nitrogens with two attached hydrogens (primary N) is 1. The average Bonchev–Trinajstić information content (AvgIpc) is 3.76. The first-order chi connectivity index (χ1) is 19.5. The molecule has 4 aromatic rings. The van der Waals surface area contributed by atoms with Crippen molar-refractivity contribution in [1.29, 1.82) is 0 Å². The van der Waals surface area contributed by atoms with Crippen molar-refractivity contribution < 1.29 is 9.18 Å². The largest absolute Gasteiger partial charge is 0.382 e. The number of nitrogens with zero attached hydrogens (tertiary/aromatic N) is 4. The highest BCUT2D eigenvalue weighted by Crippen LogP contribution is 2.34. The minimum atomic E-state index is -0.422. The molecule has 0 unspecified atom stereocenters. The Kier molecular flexibility index (Phi) is 6.65. The fraction of sp³-hybridized carbons (Fsp3) is 0.167. The second kappa shape index (κ2) is 10.6. The number of pyridine rings is 2. The van der Waals surface area contributed by atoms with Crippen molar-refractivity contribution in [2.75, 3.05) is 23.0 Å². The van der Waals surface area contributed by atoms with Gasteiger partial charge in [-0.3, -0.25) is 19.8 Å². The molecule has 2 aliphatic rings. The quantitative estimate of drug-likeness (QED) is 0.242. The van der Waals surface area contributed by atoms with E-state index in [1.54, 1.807) is 36.9 Å². The summed E-state index contributed by atoms with van der Waals surface area (Å²) in [6.07, 6.45) is 14.2. The topological polar surface area (TPSA) is 134 Å². The van der Waals surface area contributed by atoms with E-state index < -0.39 is 5.82 Å². The lowest BCUT2D eigenvalue weighted by Crippen LogP contribution is -2.18. The smallest absolute Gasteiger partial charge is 0.227 e. The van der Waals surface area contributed by atoms with Crippen molar-refractivity contribution in [3.63, 3.8) is 0 Å². The number of carbonyl (C=O) groups is 1. The van der Waals surface area contributed by atoms with E-state index in [9.17, 15) is 4.79 Å². The molecule has 1 amide bonds. The summed E-state index contributed by atoms with van der Waals surface area (Å²) in [4.78, 5) is 33.2. The van der Waals surface area contributed by atoms with Crippen LogP contribution in [-0.2, 0) is 4.79 Å². The number of carbonyl (C=O) groups excluding carboxylic acids is 1. The summed E-state index contributed by atoms with van der Waals surface area (Å²) < 4.78 is 15.3. The van der Waals surface area contributed by atoms with Gasteiger partial charge in [-0.15, -0.1) is 0 Å². The first-order valence-corrected chi connectivity index (χ1v) is 13.0. The maximum absolute atomic E-state index is 15.3. The number of allylic oxidation sites excluding steroid dienone is 3. The Morgan fingerprint density at radius 2 is 1.95 bits per heavy atom. The molecule has 10 heteroatoms. The van der Waals surface area contributed by atoms with E-state index in [1.807, 2.05) is 37.3 Å². The lowest BCUT2D eigenvalue weighted by molar-refractivity contribution is -0.117. The zero-order valence-electron chi connectivity index (χ0n) is 21.8. The highest BCUT2D eigenvalue weighted by atomic mass is 19.1. The minimum absolute atomic E-state index is 0.0377. The number of hydrogen-bond donors (Lipinski definition) is 4. The molecule has 6 rings (SSSR count). The van der Waals surface area contributed by atoms with Crippen LogP contribution in [-0.4, -0.2) is 38.2 Å². The summed E-state index contributed by atoms with van der Waals surface area (Å²) >= 11 is 0. The van der Waals surface area contributed by atoms with E-state index in [2.05, 4.69) is 35.6 Å². The Balaban J connectivity index is 1.38. The van der Waals surface area contributed by atoms with Gasteiger partial charge in [0.1, 0.15) is 24.0 Å². The number of nitrogen functional groups attached to an aromatic ring is 1. The molecule has 1 fully saturated rings. The van der Waals surface area contributed by atoms with Crippen LogP contribution in [0.2, 0.25) is 0 Å². The number of aromatic nitrogens is 4. The molecule has 1 aliphatic heterocycles.